The van der Waals surface area contributed by atoms with E-state index < -0.39 is 5.97 Å². The quantitative estimate of drug-likeness (QED) is 0.851. The van der Waals surface area contributed by atoms with E-state index in [1.807, 2.05) is 6.07 Å². The molecular weight excluding hydrogens is 279 g/mol. The van der Waals surface area contributed by atoms with Crippen LogP contribution >= 0.6 is 11.8 Å². The maximum Gasteiger partial charge on any atom is 0.335 e. The first-order chi connectivity index (χ1) is 9.60. The first-order valence-electron chi connectivity index (χ1n) is 5.88. The first kappa shape index (κ1) is 14.4. The Morgan fingerprint density at radius 2 is 2.10 bits per heavy atom. The number of carboxylic acid groups (broad SMARTS) is 1. The maximum atomic E-state index is 13.2. The highest BCUT2D eigenvalue weighted by atomic mass is 32.2. The minimum atomic E-state index is -0.962. The number of aromatic carboxylic acids is 1. The van der Waals surface area contributed by atoms with E-state index in [4.69, 9.17) is 9.84 Å². The van der Waals surface area contributed by atoms with E-state index in [-0.39, 0.29) is 11.4 Å². The number of rotatable bonds is 5. The van der Waals surface area contributed by atoms with Crippen molar-refractivity contribution in [1.29, 1.82) is 0 Å². The Kier molecular flexibility index (Phi) is 4.63. The van der Waals surface area contributed by atoms with Crippen molar-refractivity contribution in [2.75, 3.05) is 7.11 Å². The molecule has 0 aliphatic carbocycles. The molecule has 0 spiro atoms. The molecule has 2 aromatic carbocycles. The molecule has 0 amide bonds. The van der Waals surface area contributed by atoms with E-state index in [0.717, 1.165) is 10.5 Å². The fraction of sp³-hybridized carbons (Fsp3) is 0.133. The van der Waals surface area contributed by atoms with Crippen molar-refractivity contribution in [2.45, 2.75) is 10.6 Å². The van der Waals surface area contributed by atoms with Gasteiger partial charge in [0.1, 0.15) is 11.6 Å². The van der Waals surface area contributed by atoms with Gasteiger partial charge in [0.2, 0.25) is 0 Å². The van der Waals surface area contributed by atoms with Crippen molar-refractivity contribution in [2.24, 2.45) is 0 Å². The molecular formula is C15H13FO3S. The van der Waals surface area contributed by atoms with Gasteiger partial charge in [-0.05, 0) is 36.4 Å². The Balaban J connectivity index is 2.14. The number of carboxylic acids is 1. The lowest BCUT2D eigenvalue weighted by molar-refractivity contribution is 0.0696. The summed E-state index contributed by atoms with van der Waals surface area (Å²) in [5, 5.41) is 8.93. The van der Waals surface area contributed by atoms with E-state index in [0.29, 0.717) is 11.5 Å². The van der Waals surface area contributed by atoms with Crippen LogP contribution < -0.4 is 4.74 Å². The third-order valence-corrected chi connectivity index (χ3v) is 3.76. The molecule has 0 bridgehead atoms. The zero-order valence-electron chi connectivity index (χ0n) is 10.8. The number of ether oxygens (including phenoxy) is 1. The molecule has 0 aliphatic heterocycles. The second kappa shape index (κ2) is 6.43. The summed E-state index contributed by atoms with van der Waals surface area (Å²) >= 11 is 1.43. The van der Waals surface area contributed by atoms with Gasteiger partial charge in [-0.25, -0.2) is 9.18 Å². The smallest absolute Gasteiger partial charge is 0.335 e. The average Bonchev–Trinajstić information content (AvgIpc) is 2.45. The largest absolute Gasteiger partial charge is 0.496 e. The lowest BCUT2D eigenvalue weighted by atomic mass is 10.2. The molecule has 2 rings (SSSR count). The molecule has 0 unspecified atom stereocenters. The zero-order chi connectivity index (χ0) is 14.5. The summed E-state index contributed by atoms with van der Waals surface area (Å²) in [5.41, 5.74) is 0.972. The van der Waals surface area contributed by atoms with E-state index >= 15 is 0 Å². The molecule has 0 saturated heterocycles. The molecule has 0 atom stereocenters. The number of hydrogen-bond acceptors (Lipinski definition) is 3. The van der Waals surface area contributed by atoms with Crippen LogP contribution in [-0.2, 0) is 5.75 Å². The Labute approximate surface area is 120 Å². The lowest BCUT2D eigenvalue weighted by Crippen LogP contribution is -1.95. The summed E-state index contributed by atoms with van der Waals surface area (Å²) in [6, 6.07) is 11.0. The van der Waals surface area contributed by atoms with Gasteiger partial charge in [0, 0.05) is 16.2 Å². The van der Waals surface area contributed by atoms with Gasteiger partial charge < -0.3 is 9.84 Å². The molecule has 104 valence electrons. The van der Waals surface area contributed by atoms with Crippen LogP contribution in [0.25, 0.3) is 0 Å². The third kappa shape index (κ3) is 3.51. The summed E-state index contributed by atoms with van der Waals surface area (Å²) < 4.78 is 18.4. The predicted octanol–water partition coefficient (Wildman–Crippen LogP) is 3.82. The molecule has 0 aliphatic rings. The molecule has 0 heterocycles. The van der Waals surface area contributed by atoms with Crippen molar-refractivity contribution in [3.8, 4) is 5.75 Å². The van der Waals surface area contributed by atoms with Crippen LogP contribution in [0.5, 0.6) is 5.75 Å². The number of carbonyl (C=O) groups is 1. The van der Waals surface area contributed by atoms with Crippen LogP contribution in [0.3, 0.4) is 0 Å². The van der Waals surface area contributed by atoms with Gasteiger partial charge in [-0.15, -0.1) is 11.8 Å². The number of methoxy groups -OCH3 is 1. The summed E-state index contributed by atoms with van der Waals surface area (Å²) in [4.78, 5) is 11.7. The molecule has 5 heteroatoms. The van der Waals surface area contributed by atoms with Gasteiger partial charge in [-0.3, -0.25) is 0 Å². The average molecular weight is 292 g/mol. The minimum absolute atomic E-state index is 0.237. The Morgan fingerprint density at radius 3 is 2.80 bits per heavy atom. The van der Waals surface area contributed by atoms with Crippen LogP contribution in [-0.4, -0.2) is 18.2 Å². The van der Waals surface area contributed by atoms with Gasteiger partial charge in [0.05, 0.1) is 12.7 Å². The second-order valence-corrected chi connectivity index (χ2v) is 5.13. The molecule has 2 aromatic rings. The predicted molar refractivity (Wildman–Crippen MR) is 75.9 cm³/mol. The number of thioether (sulfide) groups is 1. The topological polar surface area (TPSA) is 46.5 Å². The van der Waals surface area contributed by atoms with Crippen molar-refractivity contribution >= 4 is 17.7 Å². The fourth-order valence-corrected chi connectivity index (χ4v) is 2.67. The number of benzene rings is 2. The second-order valence-electron chi connectivity index (χ2n) is 4.08. The summed E-state index contributed by atoms with van der Waals surface area (Å²) in [5.74, 6) is -0.158. The van der Waals surface area contributed by atoms with Crippen LogP contribution in [0.2, 0.25) is 0 Å². The standard InChI is InChI=1S/C15H13FO3S/c1-19-14-6-5-12(16)7-11(14)9-20-13-4-2-3-10(8-13)15(17)18/h2-8H,9H2,1H3,(H,17,18). The molecule has 1 N–H and O–H groups in total. The van der Waals surface area contributed by atoms with Gasteiger partial charge in [-0.1, -0.05) is 6.07 Å². The summed E-state index contributed by atoms with van der Waals surface area (Å²) in [6.07, 6.45) is 0. The molecule has 3 nitrogen and oxygen atoms in total. The number of hydrogen-bond donors (Lipinski definition) is 1. The van der Waals surface area contributed by atoms with E-state index in [2.05, 4.69) is 0 Å². The highest BCUT2D eigenvalue weighted by Crippen LogP contribution is 2.29. The monoisotopic (exact) mass is 292 g/mol. The zero-order valence-corrected chi connectivity index (χ0v) is 11.6. The Hall–Kier alpha value is -2.01. The van der Waals surface area contributed by atoms with Crippen LogP contribution in [0.1, 0.15) is 15.9 Å². The first-order valence-corrected chi connectivity index (χ1v) is 6.87. The number of halogens is 1. The lowest BCUT2D eigenvalue weighted by Gasteiger charge is -2.08. The van der Waals surface area contributed by atoms with Crippen molar-refractivity contribution in [3.63, 3.8) is 0 Å². The van der Waals surface area contributed by atoms with E-state index in [1.54, 1.807) is 18.2 Å². The normalized spacial score (nSPS) is 10.3. The molecule has 20 heavy (non-hydrogen) atoms. The molecule has 0 saturated carbocycles. The Bertz CT molecular complexity index is 628. The van der Waals surface area contributed by atoms with Gasteiger partial charge in [0.25, 0.3) is 0 Å². The van der Waals surface area contributed by atoms with E-state index in [9.17, 15) is 9.18 Å². The SMILES string of the molecule is COc1ccc(F)cc1CSc1cccc(C(=O)O)c1. The Morgan fingerprint density at radius 1 is 1.30 bits per heavy atom. The summed E-state index contributed by atoms with van der Waals surface area (Å²) in [7, 11) is 1.53. The van der Waals surface area contributed by atoms with Crippen molar-refractivity contribution in [1.82, 2.24) is 0 Å². The molecule has 0 fully saturated rings. The fourth-order valence-electron chi connectivity index (χ4n) is 1.74. The molecule has 0 aromatic heterocycles. The van der Waals surface area contributed by atoms with E-state index in [1.165, 1.54) is 37.1 Å². The summed E-state index contributed by atoms with van der Waals surface area (Å²) in [6.45, 7) is 0. The maximum absolute atomic E-state index is 13.2. The highest BCUT2D eigenvalue weighted by molar-refractivity contribution is 7.98. The van der Waals surface area contributed by atoms with Crippen LogP contribution in [0, 0.1) is 5.82 Å². The van der Waals surface area contributed by atoms with Crippen molar-refractivity contribution in [3.05, 3.63) is 59.4 Å². The molecule has 0 radical (unpaired) electrons. The highest BCUT2D eigenvalue weighted by Gasteiger charge is 2.07. The van der Waals surface area contributed by atoms with Gasteiger partial charge >= 0.3 is 5.97 Å². The van der Waals surface area contributed by atoms with Crippen LogP contribution in [0.4, 0.5) is 4.39 Å². The third-order valence-electron chi connectivity index (χ3n) is 2.72. The minimum Gasteiger partial charge on any atom is -0.496 e. The van der Waals surface area contributed by atoms with Crippen LogP contribution in [0.15, 0.2) is 47.4 Å². The van der Waals surface area contributed by atoms with Gasteiger partial charge in [-0.2, -0.15) is 0 Å². The van der Waals surface area contributed by atoms with Gasteiger partial charge in [0.15, 0.2) is 0 Å². The van der Waals surface area contributed by atoms with Crippen molar-refractivity contribution < 1.29 is 19.0 Å².